The monoisotopic (exact) mass is 415 g/mol. The maximum absolute atomic E-state index is 13.0. The molecule has 4 heteroatoms. The summed E-state index contributed by atoms with van der Waals surface area (Å²) in [4.78, 5) is 15.0. The molecule has 0 saturated heterocycles. The van der Waals surface area contributed by atoms with Crippen molar-refractivity contribution >= 4 is 6.03 Å². The van der Waals surface area contributed by atoms with E-state index in [9.17, 15) is 4.79 Å². The number of urea groups is 1. The molecule has 1 N–H and O–H groups in total. The molecule has 3 atom stereocenters. The number of rotatable bonds is 8. The van der Waals surface area contributed by atoms with Gasteiger partial charge in [0, 0.05) is 13.1 Å². The highest BCUT2D eigenvalue weighted by Gasteiger charge is 2.27. The molecular weight excluding hydrogens is 382 g/mol. The lowest BCUT2D eigenvalue weighted by atomic mass is 9.80. The van der Waals surface area contributed by atoms with E-state index in [0.717, 1.165) is 37.8 Å². The summed E-state index contributed by atoms with van der Waals surface area (Å²) in [6.45, 7) is 5.74. The minimum atomic E-state index is 0.0190. The van der Waals surface area contributed by atoms with E-state index >= 15 is 0 Å². The Labute approximate surface area is 186 Å². The average molecular weight is 416 g/mol. The number of nitrogens with one attached hydrogen (secondary N) is 1. The van der Waals surface area contributed by atoms with Crippen molar-refractivity contribution in [2.45, 2.75) is 58.0 Å². The van der Waals surface area contributed by atoms with Crippen LogP contribution >= 0.6 is 0 Å². The lowest BCUT2D eigenvalue weighted by Crippen LogP contribution is -2.46. The Morgan fingerprint density at radius 1 is 1.13 bits per heavy atom. The van der Waals surface area contributed by atoms with Crippen molar-refractivity contribution in [2.75, 3.05) is 6.54 Å². The first-order valence-corrected chi connectivity index (χ1v) is 11.4. The van der Waals surface area contributed by atoms with Gasteiger partial charge in [0.15, 0.2) is 0 Å². The molecule has 0 aliphatic heterocycles. The molecule has 0 bridgehead atoms. The van der Waals surface area contributed by atoms with Crippen LogP contribution in [0.2, 0.25) is 0 Å². The maximum atomic E-state index is 13.0. The number of unbranched alkanes of at least 4 members (excludes halogenated alkanes) is 1. The average Bonchev–Trinajstić information content (AvgIpc) is 2.83. The van der Waals surface area contributed by atoms with E-state index in [-0.39, 0.29) is 12.1 Å². The van der Waals surface area contributed by atoms with Gasteiger partial charge in [-0.1, -0.05) is 74.9 Å². The predicted octanol–water partition coefficient (Wildman–Crippen LogP) is 6.01. The van der Waals surface area contributed by atoms with E-state index < -0.39 is 0 Å². The number of amides is 2. The highest BCUT2D eigenvalue weighted by atomic mass is 16.2. The minimum Gasteiger partial charge on any atom is -0.334 e. The van der Waals surface area contributed by atoms with E-state index in [4.69, 9.17) is 5.26 Å². The molecule has 0 heterocycles. The summed E-state index contributed by atoms with van der Waals surface area (Å²) in [5.74, 6) is 0.838. The van der Waals surface area contributed by atoms with Gasteiger partial charge >= 0.3 is 6.03 Å². The van der Waals surface area contributed by atoms with Crippen LogP contribution in [0.1, 0.15) is 62.1 Å². The predicted molar refractivity (Wildman–Crippen MR) is 126 cm³/mol. The summed E-state index contributed by atoms with van der Waals surface area (Å²) in [7, 11) is 0. The van der Waals surface area contributed by atoms with Gasteiger partial charge in [-0.15, -0.1) is 0 Å². The number of hydrogen-bond donors (Lipinski definition) is 1. The largest absolute Gasteiger partial charge is 0.334 e. The van der Waals surface area contributed by atoms with E-state index in [0.29, 0.717) is 23.9 Å². The molecule has 2 aromatic rings. The molecule has 2 unspecified atom stereocenters. The van der Waals surface area contributed by atoms with Gasteiger partial charge in [0.25, 0.3) is 0 Å². The van der Waals surface area contributed by atoms with Gasteiger partial charge in [-0.25, -0.2) is 4.79 Å². The zero-order valence-electron chi connectivity index (χ0n) is 18.6. The van der Waals surface area contributed by atoms with Crippen LogP contribution in [0.25, 0.3) is 0 Å². The van der Waals surface area contributed by atoms with Crippen LogP contribution < -0.4 is 5.32 Å². The van der Waals surface area contributed by atoms with Gasteiger partial charge in [0.2, 0.25) is 0 Å². The molecule has 31 heavy (non-hydrogen) atoms. The van der Waals surface area contributed by atoms with Crippen molar-refractivity contribution in [1.82, 2.24) is 10.2 Å². The lowest BCUT2D eigenvalue weighted by molar-refractivity contribution is 0.176. The van der Waals surface area contributed by atoms with Gasteiger partial charge < -0.3 is 10.2 Å². The molecule has 0 saturated carbocycles. The first-order valence-electron chi connectivity index (χ1n) is 11.4. The summed E-state index contributed by atoms with van der Waals surface area (Å²) < 4.78 is 0. The third-order valence-corrected chi connectivity index (χ3v) is 6.28. The highest BCUT2D eigenvalue weighted by Crippen LogP contribution is 2.33. The van der Waals surface area contributed by atoms with Crippen molar-refractivity contribution < 1.29 is 4.79 Å². The Morgan fingerprint density at radius 3 is 2.48 bits per heavy atom. The van der Waals surface area contributed by atoms with Gasteiger partial charge in [-0.05, 0) is 54.4 Å². The zero-order valence-corrected chi connectivity index (χ0v) is 18.6. The van der Waals surface area contributed by atoms with Crippen molar-refractivity contribution in [3.8, 4) is 6.07 Å². The third kappa shape index (κ3) is 6.21. The summed E-state index contributed by atoms with van der Waals surface area (Å²) in [5.41, 5.74) is 3.07. The second kappa shape index (κ2) is 11.4. The normalized spacial score (nSPS) is 18.7. The molecule has 0 spiro atoms. The molecule has 1 aliphatic carbocycles. The Hall–Kier alpha value is -3.06. The van der Waals surface area contributed by atoms with E-state index in [1.165, 1.54) is 5.56 Å². The van der Waals surface area contributed by atoms with Crippen molar-refractivity contribution in [2.24, 2.45) is 5.92 Å². The summed E-state index contributed by atoms with van der Waals surface area (Å²) in [6.07, 6.45) is 8.62. The number of nitriles is 1. The van der Waals surface area contributed by atoms with Gasteiger partial charge in [0.05, 0.1) is 17.7 Å². The molecule has 0 fully saturated rings. The van der Waals surface area contributed by atoms with Crippen LogP contribution in [0.4, 0.5) is 4.79 Å². The Morgan fingerprint density at radius 2 is 1.87 bits per heavy atom. The molecule has 162 valence electrons. The topological polar surface area (TPSA) is 56.1 Å². The minimum absolute atomic E-state index is 0.0190. The van der Waals surface area contributed by atoms with Gasteiger partial charge in [-0.2, -0.15) is 5.26 Å². The molecular formula is C27H33N3O. The highest BCUT2D eigenvalue weighted by molar-refractivity contribution is 5.74. The number of carbonyl (C=O) groups is 1. The first-order chi connectivity index (χ1) is 15.1. The molecule has 3 rings (SSSR count). The van der Waals surface area contributed by atoms with Crippen molar-refractivity contribution in [1.29, 1.82) is 5.26 Å². The van der Waals surface area contributed by atoms with Crippen LogP contribution in [-0.2, 0) is 6.54 Å². The zero-order chi connectivity index (χ0) is 22.1. The summed E-state index contributed by atoms with van der Waals surface area (Å²) in [6, 6.07) is 20.3. The molecule has 0 radical (unpaired) electrons. The summed E-state index contributed by atoms with van der Waals surface area (Å²) >= 11 is 0. The summed E-state index contributed by atoms with van der Waals surface area (Å²) in [5, 5.41) is 12.1. The number of nitrogens with zero attached hydrogens (tertiary/aromatic N) is 2. The maximum Gasteiger partial charge on any atom is 0.318 e. The Kier molecular flexibility index (Phi) is 8.29. The Balaban J connectivity index is 1.62. The molecule has 0 aromatic heterocycles. The molecule has 1 aliphatic rings. The number of benzene rings is 2. The fourth-order valence-corrected chi connectivity index (χ4v) is 4.23. The number of hydrogen-bond acceptors (Lipinski definition) is 2. The van der Waals surface area contributed by atoms with E-state index in [1.807, 2.05) is 47.4 Å². The Bertz CT molecular complexity index is 898. The van der Waals surface area contributed by atoms with Crippen molar-refractivity contribution in [3.63, 3.8) is 0 Å². The third-order valence-electron chi connectivity index (χ3n) is 6.28. The SMILES string of the molecule is CCCCN(C(=O)NCc1ccccc1)C1C=CC([C@H](C)c2ccc(C#N)cc2)CC1. The van der Waals surface area contributed by atoms with Gasteiger partial charge in [0.1, 0.15) is 0 Å². The standard InChI is InChI=1S/C27H33N3O/c1-3-4-18-30(27(31)29-20-23-8-6-5-7-9-23)26-16-14-25(15-17-26)21(2)24-12-10-22(19-28)11-13-24/h5-14,16,21,25-26H,3-4,15,17-18,20H2,1-2H3,(H,29,31)/t21-,25?,26?/m1/s1. The molecule has 2 aromatic carbocycles. The fourth-order valence-electron chi connectivity index (χ4n) is 4.23. The molecule has 2 amide bonds. The van der Waals surface area contributed by atoms with Crippen molar-refractivity contribution in [3.05, 3.63) is 83.4 Å². The number of carbonyl (C=O) groups excluding carboxylic acids is 1. The van der Waals surface area contributed by atoms with Crippen LogP contribution in [-0.4, -0.2) is 23.5 Å². The first kappa shape index (κ1) is 22.6. The lowest BCUT2D eigenvalue weighted by Gasteiger charge is -2.35. The smallest absolute Gasteiger partial charge is 0.318 e. The van der Waals surface area contributed by atoms with Crippen LogP contribution in [0, 0.1) is 17.2 Å². The fraction of sp³-hybridized carbons (Fsp3) is 0.407. The second-order valence-corrected chi connectivity index (χ2v) is 8.41. The van der Waals surface area contributed by atoms with Crippen LogP contribution in [0.15, 0.2) is 66.7 Å². The number of allylic oxidation sites excluding steroid dienone is 1. The van der Waals surface area contributed by atoms with Gasteiger partial charge in [-0.3, -0.25) is 0 Å². The second-order valence-electron chi connectivity index (χ2n) is 8.41. The van der Waals surface area contributed by atoms with Crippen LogP contribution in [0.5, 0.6) is 0 Å². The van der Waals surface area contributed by atoms with E-state index in [2.05, 4.69) is 49.5 Å². The quantitative estimate of drug-likeness (QED) is 0.537. The molecule has 4 nitrogen and oxygen atoms in total. The van der Waals surface area contributed by atoms with Crippen LogP contribution in [0.3, 0.4) is 0 Å². The van der Waals surface area contributed by atoms with E-state index in [1.54, 1.807) is 0 Å².